The highest BCUT2D eigenvalue weighted by Crippen LogP contribution is 2.54. The van der Waals surface area contributed by atoms with E-state index in [0.29, 0.717) is 11.3 Å². The van der Waals surface area contributed by atoms with Crippen molar-refractivity contribution in [2.75, 3.05) is 0 Å². The number of alkyl halides is 10. The van der Waals surface area contributed by atoms with Crippen LogP contribution in [-0.4, -0.2) is 36.2 Å². The molecule has 1 unspecified atom stereocenters. The van der Waals surface area contributed by atoms with Gasteiger partial charge >= 0.3 is 23.9 Å². The Morgan fingerprint density at radius 1 is 0.871 bits per heavy atom. The van der Waals surface area contributed by atoms with Crippen molar-refractivity contribution in [1.29, 1.82) is 0 Å². The average Bonchev–Trinajstić information content (AvgIpc) is 2.53. The minimum atomic E-state index is -6.87. The molecule has 0 N–H and O–H groups in total. The molecule has 31 heavy (non-hydrogen) atoms. The monoisotopic (exact) mass is 594 g/mol. The number of hydrogen-bond acceptors (Lipinski definition) is 1. The Morgan fingerprint density at radius 2 is 1.35 bits per heavy atom. The highest BCUT2D eigenvalue weighted by atomic mass is 127. The van der Waals surface area contributed by atoms with Crippen LogP contribution in [0.3, 0.4) is 0 Å². The van der Waals surface area contributed by atoms with Crippen LogP contribution < -0.4 is 4.43 Å². The zero-order valence-electron chi connectivity index (χ0n) is 17.5. The van der Waals surface area contributed by atoms with Crippen molar-refractivity contribution in [2.24, 2.45) is 0 Å². The van der Waals surface area contributed by atoms with Gasteiger partial charge in [0.25, 0.3) is 0 Å². The van der Waals surface area contributed by atoms with Gasteiger partial charge in [-0.3, -0.25) is 0 Å². The molecule has 180 valence electrons. The molecule has 1 nitrogen and oxygen atoms in total. The van der Waals surface area contributed by atoms with Crippen LogP contribution in [0.1, 0.15) is 32.8 Å². The Bertz CT molecular complexity index is 757. The fraction of sp³-hybridized carbons (Fsp3) is 0.684. The maximum absolute atomic E-state index is 13.9. The quantitative estimate of drug-likeness (QED) is 0.128. The van der Waals surface area contributed by atoms with Crippen molar-refractivity contribution < 1.29 is 43.9 Å². The molecule has 1 atom stereocenters. The van der Waals surface area contributed by atoms with E-state index in [2.05, 4.69) is 0 Å². The molecule has 0 saturated heterocycles. The van der Waals surface area contributed by atoms with Gasteiger partial charge in [0.2, 0.25) is 8.32 Å². The van der Waals surface area contributed by atoms with Crippen LogP contribution in [0, 0.1) is 0 Å². The van der Waals surface area contributed by atoms with E-state index in [9.17, 15) is 39.5 Å². The van der Waals surface area contributed by atoms with Crippen molar-refractivity contribution in [2.45, 2.75) is 79.6 Å². The summed E-state index contributed by atoms with van der Waals surface area (Å²) in [4.78, 5) is 0. The first-order valence-corrected chi connectivity index (χ1v) is 13.3. The van der Waals surface area contributed by atoms with E-state index in [1.807, 2.05) is 33.9 Å². The topological polar surface area (TPSA) is 9.23 Å². The van der Waals surface area contributed by atoms with Gasteiger partial charge in [-0.2, -0.15) is 39.5 Å². The molecule has 0 bridgehead atoms. The van der Waals surface area contributed by atoms with E-state index < -0.39 is 42.6 Å². The Kier molecular flexibility index (Phi) is 8.18. The summed E-state index contributed by atoms with van der Waals surface area (Å²) in [6.07, 6.45) is -8.97. The van der Waals surface area contributed by atoms with Crippen LogP contribution in [0.15, 0.2) is 24.3 Å². The summed E-state index contributed by atoms with van der Waals surface area (Å²) in [5, 5.41) is -0.206. The first kappa shape index (κ1) is 28.4. The van der Waals surface area contributed by atoms with Crippen molar-refractivity contribution in [3.05, 3.63) is 29.8 Å². The maximum atomic E-state index is 13.9. The summed E-state index contributed by atoms with van der Waals surface area (Å²) < 4.78 is 123. The zero-order chi connectivity index (χ0) is 24.7. The molecule has 1 aromatic carbocycles. The Balaban J connectivity index is 3.10. The van der Waals surface area contributed by atoms with Gasteiger partial charge in [0.1, 0.15) is 5.75 Å². The van der Waals surface area contributed by atoms with Gasteiger partial charge in [0.15, 0.2) is 0 Å². The van der Waals surface area contributed by atoms with E-state index >= 15 is 0 Å². The van der Waals surface area contributed by atoms with Crippen LogP contribution in [-0.2, 0) is 6.42 Å². The van der Waals surface area contributed by atoms with Gasteiger partial charge in [-0.1, -0.05) is 61.6 Å². The predicted molar refractivity (Wildman–Crippen MR) is 111 cm³/mol. The van der Waals surface area contributed by atoms with Crippen LogP contribution in [0.5, 0.6) is 5.75 Å². The van der Waals surface area contributed by atoms with Crippen LogP contribution >= 0.6 is 22.6 Å². The Hall–Kier alpha value is -0.663. The molecule has 0 aromatic heterocycles. The van der Waals surface area contributed by atoms with E-state index in [4.69, 9.17) is 4.43 Å². The molecule has 12 heteroatoms. The smallest absolute Gasteiger partial charge is 0.460 e. The highest BCUT2D eigenvalue weighted by Gasteiger charge is 2.81. The van der Waals surface area contributed by atoms with E-state index in [1.165, 1.54) is 28.7 Å². The lowest BCUT2D eigenvalue weighted by Gasteiger charge is -2.37. The Labute approximate surface area is 190 Å². The Morgan fingerprint density at radius 3 is 1.81 bits per heavy atom. The maximum Gasteiger partial charge on any atom is 0.460 e. The minimum Gasteiger partial charge on any atom is -0.543 e. The van der Waals surface area contributed by atoms with Gasteiger partial charge in [0.05, 0.1) is 0 Å². The van der Waals surface area contributed by atoms with Crippen LogP contribution in [0.4, 0.5) is 39.5 Å². The zero-order valence-corrected chi connectivity index (χ0v) is 20.6. The number of benzene rings is 1. The summed E-state index contributed by atoms with van der Waals surface area (Å²) in [7, 11) is -2.35. The van der Waals surface area contributed by atoms with Gasteiger partial charge < -0.3 is 4.43 Å². The highest BCUT2D eigenvalue weighted by molar-refractivity contribution is 14.1. The van der Waals surface area contributed by atoms with Crippen molar-refractivity contribution >= 4 is 30.9 Å². The molecule has 0 amide bonds. The summed E-state index contributed by atoms with van der Waals surface area (Å²) in [5.74, 6) is -18.7. The second kappa shape index (κ2) is 8.94. The molecule has 0 aliphatic rings. The summed E-state index contributed by atoms with van der Waals surface area (Å²) in [6, 6.07) is 6.26. The van der Waals surface area contributed by atoms with Gasteiger partial charge in [-0.25, -0.2) is 0 Å². The second-order valence-electron chi connectivity index (χ2n) is 8.83. The number of rotatable bonds is 8. The van der Waals surface area contributed by atoms with Crippen LogP contribution in [0.25, 0.3) is 0 Å². The molecule has 1 rings (SSSR count). The van der Waals surface area contributed by atoms with E-state index in [0.717, 1.165) is 0 Å². The third-order valence-corrected chi connectivity index (χ3v) is 10.5. The molecule has 0 aliphatic carbocycles. The molecular formula is C19H24F9IOSi. The van der Waals surface area contributed by atoms with E-state index in [-0.39, 0.29) is 11.5 Å². The lowest BCUT2D eigenvalue weighted by molar-refractivity contribution is -0.396. The number of hydrogen-bond donors (Lipinski definition) is 0. The normalized spacial score (nSPS) is 15.7. The third kappa shape index (κ3) is 6.02. The molecule has 1 aromatic rings. The van der Waals surface area contributed by atoms with Crippen molar-refractivity contribution in [1.82, 2.24) is 0 Å². The number of para-hydroxylation sites is 1. The fourth-order valence-corrected chi connectivity index (χ4v) is 4.41. The lowest BCUT2D eigenvalue weighted by Crippen LogP contribution is -2.61. The van der Waals surface area contributed by atoms with E-state index in [1.54, 1.807) is 18.2 Å². The fourth-order valence-electron chi connectivity index (χ4n) is 2.32. The average molecular weight is 594 g/mol. The molecule has 0 saturated carbocycles. The first-order chi connectivity index (χ1) is 13.6. The predicted octanol–water partition coefficient (Wildman–Crippen LogP) is 8.28. The van der Waals surface area contributed by atoms with Gasteiger partial charge in [0, 0.05) is 10.3 Å². The van der Waals surface area contributed by atoms with Gasteiger partial charge in [-0.05, 0) is 36.2 Å². The molecule has 0 fully saturated rings. The molecule has 0 radical (unpaired) electrons. The molecule has 0 heterocycles. The molecular weight excluding hydrogens is 570 g/mol. The van der Waals surface area contributed by atoms with Crippen molar-refractivity contribution in [3.63, 3.8) is 0 Å². The standard InChI is InChI=1S/C19H24F9IOSi/c1-15(2,3)31(4,5)30-14-9-7-6-8-12(14)10-13(29)11-16(20,21)17(22,23)18(24,25)19(26,27)28/h6-9,13H,10-11H2,1-5H3. The largest absolute Gasteiger partial charge is 0.543 e. The van der Waals surface area contributed by atoms with Gasteiger partial charge in [-0.15, -0.1) is 0 Å². The molecule has 0 spiro atoms. The summed E-state index contributed by atoms with van der Waals surface area (Å²) >= 11 is 1.35. The lowest BCUT2D eigenvalue weighted by atomic mass is 9.97. The minimum absolute atomic E-state index is 0.206. The summed E-state index contributed by atoms with van der Waals surface area (Å²) in [6.45, 7) is 9.75. The first-order valence-electron chi connectivity index (χ1n) is 9.18. The SMILES string of the molecule is CC(C)(C)[Si](C)(C)Oc1ccccc1CC(I)CC(F)(F)C(F)(F)C(F)(F)C(F)(F)F. The summed E-state index contributed by atoms with van der Waals surface area (Å²) in [5.41, 5.74) is 0.369. The third-order valence-electron chi connectivity index (χ3n) is 5.27. The molecule has 0 aliphatic heterocycles. The second-order valence-corrected chi connectivity index (χ2v) is 15.3. The number of halogens is 10. The van der Waals surface area contributed by atoms with Crippen molar-refractivity contribution in [3.8, 4) is 5.75 Å². The van der Waals surface area contributed by atoms with Crippen LogP contribution in [0.2, 0.25) is 18.1 Å².